The van der Waals surface area contributed by atoms with Gasteiger partial charge in [-0.3, -0.25) is 0 Å². The Kier molecular flexibility index (Phi) is 5.82. The lowest BCUT2D eigenvalue weighted by Gasteiger charge is -2.13. The van der Waals surface area contributed by atoms with Gasteiger partial charge in [0.2, 0.25) is 0 Å². The zero-order valence-electron chi connectivity index (χ0n) is 19.1. The van der Waals surface area contributed by atoms with Crippen LogP contribution in [0.4, 0.5) is 5.13 Å². The minimum atomic E-state index is 0.319. The summed E-state index contributed by atoms with van der Waals surface area (Å²) in [4.78, 5) is 11.3. The van der Waals surface area contributed by atoms with Gasteiger partial charge in [0.25, 0.3) is 0 Å². The zero-order chi connectivity index (χ0) is 23.7. The second-order valence-corrected chi connectivity index (χ2v) is 8.67. The van der Waals surface area contributed by atoms with E-state index in [1.165, 1.54) is 0 Å². The summed E-state index contributed by atoms with van der Waals surface area (Å²) >= 11 is 1.57. The van der Waals surface area contributed by atoms with Gasteiger partial charge in [-0.2, -0.15) is 5.10 Å². The van der Waals surface area contributed by atoms with Crippen molar-refractivity contribution in [3.05, 3.63) is 53.3 Å². The molecule has 0 aliphatic carbocycles. The molecule has 0 saturated heterocycles. The number of hydrogen-bond donors (Lipinski definition) is 0. The highest BCUT2D eigenvalue weighted by Crippen LogP contribution is 2.37. The number of rotatable bonds is 8. The Morgan fingerprint density at radius 2 is 2.12 bits per heavy atom. The molecule has 0 spiro atoms. The van der Waals surface area contributed by atoms with Crippen molar-refractivity contribution in [3.8, 4) is 35.3 Å². The summed E-state index contributed by atoms with van der Waals surface area (Å²) in [7, 11) is 3.60. The van der Waals surface area contributed by atoms with Crippen LogP contribution in [-0.4, -0.2) is 40.3 Å². The Morgan fingerprint density at radius 1 is 1.24 bits per heavy atom. The predicted molar refractivity (Wildman–Crippen MR) is 133 cm³/mol. The van der Waals surface area contributed by atoms with Crippen molar-refractivity contribution in [1.82, 2.24) is 19.6 Å². The fourth-order valence-electron chi connectivity index (χ4n) is 3.56. The molecule has 0 radical (unpaired) electrons. The van der Waals surface area contributed by atoms with Crippen LogP contribution in [0.2, 0.25) is 0 Å². The molecule has 8 nitrogen and oxygen atoms in total. The molecule has 4 heterocycles. The van der Waals surface area contributed by atoms with Crippen molar-refractivity contribution >= 4 is 33.1 Å². The maximum absolute atomic E-state index is 6.16. The van der Waals surface area contributed by atoms with E-state index in [1.807, 2.05) is 60.8 Å². The number of thiazole rings is 1. The van der Waals surface area contributed by atoms with Gasteiger partial charge in [-0.15, -0.1) is 23.7 Å². The van der Waals surface area contributed by atoms with Gasteiger partial charge in [0.1, 0.15) is 29.4 Å². The number of methoxy groups -OCH3 is 1. The number of terminal acetylenes is 1. The monoisotopic (exact) mass is 473 g/mol. The largest absolute Gasteiger partial charge is 0.496 e. The average Bonchev–Trinajstić information content (AvgIpc) is 3.58. The van der Waals surface area contributed by atoms with Crippen LogP contribution < -0.4 is 14.4 Å². The maximum atomic E-state index is 6.16. The number of anilines is 1. The Hall–Kier alpha value is -4.03. The van der Waals surface area contributed by atoms with Crippen molar-refractivity contribution in [1.29, 1.82) is 0 Å². The molecule has 0 unspecified atom stereocenters. The molecule has 5 aromatic rings. The fraction of sp³-hybridized carbons (Fsp3) is 0.240. The van der Waals surface area contributed by atoms with Crippen molar-refractivity contribution in [3.63, 3.8) is 0 Å². The van der Waals surface area contributed by atoms with Crippen molar-refractivity contribution < 1.29 is 13.9 Å². The highest BCUT2D eigenvalue weighted by molar-refractivity contribution is 7.13. The normalized spacial score (nSPS) is 11.1. The van der Waals surface area contributed by atoms with Crippen LogP contribution in [-0.2, 0) is 6.61 Å². The molecule has 0 saturated carbocycles. The van der Waals surface area contributed by atoms with Gasteiger partial charge < -0.3 is 18.8 Å². The average molecular weight is 474 g/mol. The lowest BCUT2D eigenvalue weighted by Crippen LogP contribution is -2.17. The molecule has 0 amide bonds. The van der Waals surface area contributed by atoms with E-state index in [0.29, 0.717) is 41.6 Å². The number of benzene rings is 1. The molecule has 34 heavy (non-hydrogen) atoms. The van der Waals surface area contributed by atoms with E-state index in [2.05, 4.69) is 21.0 Å². The zero-order valence-corrected chi connectivity index (χ0v) is 19.9. The third-order valence-corrected chi connectivity index (χ3v) is 6.35. The number of fused-ring (bicyclic) bond motifs is 2. The predicted octanol–water partition coefficient (Wildman–Crippen LogP) is 4.95. The molecule has 0 atom stereocenters. The summed E-state index contributed by atoms with van der Waals surface area (Å²) < 4.78 is 19.5. The summed E-state index contributed by atoms with van der Waals surface area (Å²) in [6, 6.07) is 9.48. The topological polar surface area (TPSA) is 77.9 Å². The first-order valence-corrected chi connectivity index (χ1v) is 11.6. The molecular formula is C25H23N5O3S. The number of ether oxygens (including phenoxy) is 2. The quantitative estimate of drug-likeness (QED) is 0.295. The van der Waals surface area contributed by atoms with Crippen molar-refractivity contribution in [2.24, 2.45) is 0 Å². The van der Waals surface area contributed by atoms with E-state index in [1.54, 1.807) is 23.0 Å². The molecule has 9 heteroatoms. The Morgan fingerprint density at radius 3 is 2.94 bits per heavy atom. The number of aryl methyl sites for hydroxylation is 1. The van der Waals surface area contributed by atoms with Gasteiger partial charge in [0.15, 0.2) is 16.5 Å². The Bertz CT molecular complexity index is 1510. The van der Waals surface area contributed by atoms with Crippen LogP contribution in [0.5, 0.6) is 11.5 Å². The lowest BCUT2D eigenvalue weighted by molar-refractivity contribution is 0.303. The van der Waals surface area contributed by atoms with Crippen LogP contribution in [0, 0.1) is 19.3 Å². The van der Waals surface area contributed by atoms with Gasteiger partial charge in [0, 0.05) is 37.5 Å². The maximum Gasteiger partial charge on any atom is 0.185 e. The first kappa shape index (κ1) is 21.8. The van der Waals surface area contributed by atoms with Gasteiger partial charge in [-0.05, 0) is 25.1 Å². The second kappa shape index (κ2) is 9.08. The molecule has 0 aliphatic heterocycles. The number of imidazole rings is 1. The highest BCUT2D eigenvalue weighted by atomic mass is 32.1. The number of nitrogens with zero attached hydrogens (tertiary/aromatic N) is 5. The molecule has 0 aliphatic rings. The molecular weight excluding hydrogens is 450 g/mol. The van der Waals surface area contributed by atoms with Gasteiger partial charge in [-0.1, -0.05) is 0 Å². The van der Waals surface area contributed by atoms with Crippen LogP contribution in [0.25, 0.3) is 28.1 Å². The van der Waals surface area contributed by atoms with Crippen LogP contribution in [0.15, 0.2) is 46.3 Å². The summed E-state index contributed by atoms with van der Waals surface area (Å²) in [5.41, 5.74) is 3.85. The first-order valence-electron chi connectivity index (χ1n) is 10.7. The summed E-state index contributed by atoms with van der Waals surface area (Å²) in [6.07, 6.45) is 7.89. The molecule has 1 aromatic carbocycles. The number of furan rings is 1. The molecule has 4 aromatic heterocycles. The summed E-state index contributed by atoms with van der Waals surface area (Å²) in [5.74, 6) is 4.57. The van der Waals surface area contributed by atoms with E-state index < -0.39 is 0 Å². The van der Waals surface area contributed by atoms with Crippen LogP contribution in [0.1, 0.15) is 17.8 Å². The van der Waals surface area contributed by atoms with E-state index >= 15 is 0 Å². The first-order chi connectivity index (χ1) is 16.5. The van der Waals surface area contributed by atoms with E-state index in [4.69, 9.17) is 20.3 Å². The van der Waals surface area contributed by atoms with Crippen LogP contribution >= 0.6 is 11.3 Å². The second-order valence-electron chi connectivity index (χ2n) is 7.84. The standard InChI is InChI=1S/C25H23N5O3S/c1-5-6-9-29(3)25-26-17(15-34-25)14-32-21-10-18(31-4)11-22-19(21)12-23(33-22)20-13-30-24(27-20)8-7-16(2)28-30/h1,7-8,10-13,15H,6,9,14H2,2-4H3. The molecule has 172 valence electrons. The number of aromatic nitrogens is 4. The van der Waals surface area contributed by atoms with E-state index in [-0.39, 0.29) is 0 Å². The third-order valence-electron chi connectivity index (χ3n) is 5.35. The molecule has 5 rings (SSSR count). The Balaban J connectivity index is 1.42. The van der Waals surface area contributed by atoms with Crippen molar-refractivity contribution in [2.75, 3.05) is 25.6 Å². The fourth-order valence-corrected chi connectivity index (χ4v) is 4.36. The van der Waals surface area contributed by atoms with Gasteiger partial charge in [0.05, 0.1) is 30.1 Å². The lowest BCUT2D eigenvalue weighted by atomic mass is 10.2. The molecule has 0 bridgehead atoms. The van der Waals surface area contributed by atoms with Gasteiger partial charge in [-0.25, -0.2) is 14.5 Å². The van der Waals surface area contributed by atoms with E-state index in [9.17, 15) is 0 Å². The Labute approximate surface area is 200 Å². The van der Waals surface area contributed by atoms with Crippen molar-refractivity contribution in [2.45, 2.75) is 20.0 Å². The summed E-state index contributed by atoms with van der Waals surface area (Å²) in [5, 5.41) is 8.20. The van der Waals surface area contributed by atoms with Gasteiger partial charge >= 0.3 is 0 Å². The smallest absolute Gasteiger partial charge is 0.185 e. The number of hydrogen-bond acceptors (Lipinski definition) is 8. The molecule has 0 N–H and O–H groups in total. The summed E-state index contributed by atoms with van der Waals surface area (Å²) in [6.45, 7) is 3.02. The SMILES string of the molecule is C#CCCN(C)c1nc(COc2cc(OC)cc3oc(-c4cn5nc(C)ccc5n4)cc23)cs1. The minimum Gasteiger partial charge on any atom is -0.496 e. The minimum absolute atomic E-state index is 0.319. The third kappa shape index (κ3) is 4.28. The molecule has 0 fully saturated rings. The van der Waals surface area contributed by atoms with E-state index in [0.717, 1.165) is 34.1 Å². The highest BCUT2D eigenvalue weighted by Gasteiger charge is 2.16. The van der Waals surface area contributed by atoms with Crippen LogP contribution in [0.3, 0.4) is 0 Å².